The lowest BCUT2D eigenvalue weighted by Crippen LogP contribution is -2.42. The van der Waals surface area contributed by atoms with E-state index >= 15 is 0 Å². The van der Waals surface area contributed by atoms with Crippen molar-refractivity contribution in [3.8, 4) is 0 Å². The van der Waals surface area contributed by atoms with E-state index in [0.29, 0.717) is 18.6 Å². The zero-order chi connectivity index (χ0) is 15.6. The minimum atomic E-state index is 0.359. The molecule has 118 valence electrons. The number of likely N-dealkylation sites (tertiary alicyclic amines) is 1. The molecule has 0 spiro atoms. The van der Waals surface area contributed by atoms with Crippen LogP contribution in [0.5, 0.6) is 0 Å². The molecular formula is C18H31N3. The van der Waals surface area contributed by atoms with Gasteiger partial charge in [-0.05, 0) is 70.9 Å². The van der Waals surface area contributed by atoms with Crippen LogP contribution < -0.4 is 5.73 Å². The van der Waals surface area contributed by atoms with Crippen LogP contribution in [0, 0.1) is 20.8 Å². The van der Waals surface area contributed by atoms with Crippen molar-refractivity contribution in [1.29, 1.82) is 0 Å². The van der Waals surface area contributed by atoms with E-state index in [4.69, 9.17) is 5.73 Å². The molecule has 1 saturated heterocycles. The molecule has 0 bridgehead atoms. The molecule has 0 radical (unpaired) electrons. The van der Waals surface area contributed by atoms with E-state index in [9.17, 15) is 0 Å². The summed E-state index contributed by atoms with van der Waals surface area (Å²) in [6.45, 7) is 9.64. The van der Waals surface area contributed by atoms with E-state index in [1.807, 2.05) is 0 Å². The van der Waals surface area contributed by atoms with E-state index in [2.05, 4.69) is 56.8 Å². The third kappa shape index (κ3) is 3.65. The fourth-order valence-corrected chi connectivity index (χ4v) is 4.02. The van der Waals surface area contributed by atoms with E-state index in [-0.39, 0.29) is 0 Å². The van der Waals surface area contributed by atoms with Gasteiger partial charge in [-0.25, -0.2) is 0 Å². The summed E-state index contributed by atoms with van der Waals surface area (Å²) >= 11 is 0. The maximum Gasteiger partial charge on any atom is 0.0479 e. The van der Waals surface area contributed by atoms with Crippen molar-refractivity contribution in [2.24, 2.45) is 5.73 Å². The van der Waals surface area contributed by atoms with Gasteiger partial charge in [-0.15, -0.1) is 0 Å². The highest BCUT2D eigenvalue weighted by atomic mass is 15.2. The SMILES string of the molecule is Cc1cc(C)c(C(CN)N2CCCC2CN(C)C)c(C)c1. The average Bonchev–Trinajstić information content (AvgIpc) is 2.80. The Kier molecular flexibility index (Phi) is 5.42. The Balaban J connectivity index is 2.31. The fraction of sp³-hybridized carbons (Fsp3) is 0.667. The van der Waals surface area contributed by atoms with E-state index in [0.717, 1.165) is 6.54 Å². The summed E-state index contributed by atoms with van der Waals surface area (Å²) in [5.41, 5.74) is 11.8. The predicted octanol–water partition coefficient (Wildman–Crippen LogP) is 2.64. The minimum absolute atomic E-state index is 0.359. The van der Waals surface area contributed by atoms with Crippen LogP contribution in [-0.4, -0.2) is 49.6 Å². The van der Waals surface area contributed by atoms with Gasteiger partial charge in [-0.3, -0.25) is 4.90 Å². The molecule has 1 aromatic carbocycles. The molecule has 1 aliphatic rings. The Hall–Kier alpha value is -0.900. The Morgan fingerprint density at radius 1 is 1.24 bits per heavy atom. The predicted molar refractivity (Wildman–Crippen MR) is 90.7 cm³/mol. The van der Waals surface area contributed by atoms with Crippen LogP contribution in [0.4, 0.5) is 0 Å². The maximum absolute atomic E-state index is 6.20. The lowest BCUT2D eigenvalue weighted by atomic mass is 9.92. The highest BCUT2D eigenvalue weighted by Crippen LogP contribution is 2.33. The number of benzene rings is 1. The second-order valence-corrected chi connectivity index (χ2v) is 6.86. The molecule has 0 saturated carbocycles. The standard InChI is InChI=1S/C18H31N3/c1-13-9-14(2)18(15(3)10-13)17(11-19)21-8-6-7-16(21)12-20(4)5/h9-10,16-17H,6-8,11-12,19H2,1-5H3. The average molecular weight is 289 g/mol. The zero-order valence-electron chi connectivity index (χ0n) is 14.3. The van der Waals surface area contributed by atoms with Crippen LogP contribution in [0.2, 0.25) is 0 Å². The smallest absolute Gasteiger partial charge is 0.0479 e. The summed E-state index contributed by atoms with van der Waals surface area (Å²) in [6, 6.07) is 5.58. The number of aryl methyl sites for hydroxylation is 3. The van der Waals surface area contributed by atoms with Gasteiger partial charge in [0.05, 0.1) is 0 Å². The first kappa shape index (κ1) is 16.5. The summed E-state index contributed by atoms with van der Waals surface area (Å²) in [4.78, 5) is 4.94. The number of hydrogen-bond acceptors (Lipinski definition) is 3. The molecule has 1 fully saturated rings. The lowest BCUT2D eigenvalue weighted by molar-refractivity contribution is 0.155. The van der Waals surface area contributed by atoms with E-state index in [1.165, 1.54) is 41.6 Å². The second kappa shape index (κ2) is 6.91. The number of nitrogens with zero attached hydrogens (tertiary/aromatic N) is 2. The van der Waals surface area contributed by atoms with Gasteiger partial charge in [0.2, 0.25) is 0 Å². The number of rotatable bonds is 5. The summed E-state index contributed by atoms with van der Waals surface area (Å²) in [7, 11) is 4.33. The maximum atomic E-state index is 6.20. The van der Waals surface area contributed by atoms with Gasteiger partial charge >= 0.3 is 0 Å². The Morgan fingerprint density at radius 3 is 2.38 bits per heavy atom. The zero-order valence-corrected chi connectivity index (χ0v) is 14.3. The fourth-order valence-electron chi connectivity index (χ4n) is 4.02. The van der Waals surface area contributed by atoms with E-state index in [1.54, 1.807) is 0 Å². The topological polar surface area (TPSA) is 32.5 Å². The van der Waals surface area contributed by atoms with Crippen molar-refractivity contribution in [2.75, 3.05) is 33.7 Å². The Labute approximate surface area is 130 Å². The molecule has 0 amide bonds. The highest BCUT2D eigenvalue weighted by Gasteiger charge is 2.32. The number of nitrogens with two attached hydrogens (primary N) is 1. The number of likely N-dealkylation sites (N-methyl/N-ethyl adjacent to an activating group) is 1. The molecule has 2 rings (SSSR count). The van der Waals surface area contributed by atoms with Crippen LogP contribution in [-0.2, 0) is 0 Å². The van der Waals surface area contributed by atoms with Crippen LogP contribution in [0.3, 0.4) is 0 Å². The largest absolute Gasteiger partial charge is 0.329 e. The van der Waals surface area contributed by atoms with Crippen molar-refractivity contribution < 1.29 is 0 Å². The quantitative estimate of drug-likeness (QED) is 0.904. The second-order valence-electron chi connectivity index (χ2n) is 6.86. The van der Waals surface area contributed by atoms with Crippen LogP contribution in [0.15, 0.2) is 12.1 Å². The van der Waals surface area contributed by atoms with Crippen molar-refractivity contribution in [1.82, 2.24) is 9.80 Å². The summed E-state index contributed by atoms with van der Waals surface area (Å²) in [5, 5.41) is 0. The molecule has 21 heavy (non-hydrogen) atoms. The molecule has 1 aromatic rings. The first-order valence-electron chi connectivity index (χ1n) is 8.12. The van der Waals surface area contributed by atoms with Crippen LogP contribution in [0.25, 0.3) is 0 Å². The van der Waals surface area contributed by atoms with Gasteiger partial charge in [0.1, 0.15) is 0 Å². The normalized spacial score (nSPS) is 21.2. The van der Waals surface area contributed by atoms with Gasteiger partial charge in [0.15, 0.2) is 0 Å². The van der Waals surface area contributed by atoms with Crippen molar-refractivity contribution in [2.45, 2.75) is 45.7 Å². The number of hydrogen-bond donors (Lipinski definition) is 1. The molecule has 1 heterocycles. The summed E-state index contributed by atoms with van der Waals surface area (Å²) in [5.74, 6) is 0. The first-order valence-corrected chi connectivity index (χ1v) is 8.12. The van der Waals surface area contributed by atoms with Gasteiger partial charge in [0, 0.05) is 25.2 Å². The lowest BCUT2D eigenvalue weighted by Gasteiger charge is -2.35. The van der Waals surface area contributed by atoms with Crippen molar-refractivity contribution in [3.63, 3.8) is 0 Å². The molecule has 0 aliphatic carbocycles. The van der Waals surface area contributed by atoms with Crippen LogP contribution in [0.1, 0.15) is 41.1 Å². The third-order valence-electron chi connectivity index (χ3n) is 4.69. The van der Waals surface area contributed by atoms with Gasteiger partial charge in [-0.1, -0.05) is 17.7 Å². The van der Waals surface area contributed by atoms with Gasteiger partial charge in [-0.2, -0.15) is 0 Å². The van der Waals surface area contributed by atoms with E-state index < -0.39 is 0 Å². The van der Waals surface area contributed by atoms with Gasteiger partial charge < -0.3 is 10.6 Å². The van der Waals surface area contributed by atoms with Crippen LogP contribution >= 0.6 is 0 Å². The first-order chi connectivity index (χ1) is 9.93. The summed E-state index contributed by atoms with van der Waals surface area (Å²) < 4.78 is 0. The van der Waals surface area contributed by atoms with Crippen molar-refractivity contribution in [3.05, 3.63) is 34.4 Å². The minimum Gasteiger partial charge on any atom is -0.329 e. The van der Waals surface area contributed by atoms with Gasteiger partial charge in [0.25, 0.3) is 0 Å². The highest BCUT2D eigenvalue weighted by molar-refractivity contribution is 5.40. The molecule has 2 atom stereocenters. The third-order valence-corrected chi connectivity index (χ3v) is 4.69. The Bertz CT molecular complexity index is 458. The molecule has 3 heteroatoms. The Morgan fingerprint density at radius 2 is 1.86 bits per heavy atom. The molecule has 0 aromatic heterocycles. The molecule has 2 N–H and O–H groups in total. The molecule has 1 aliphatic heterocycles. The molecule has 3 nitrogen and oxygen atoms in total. The summed E-state index contributed by atoms with van der Waals surface area (Å²) in [6.07, 6.45) is 2.58. The molecule has 2 unspecified atom stereocenters. The monoisotopic (exact) mass is 289 g/mol. The van der Waals surface area contributed by atoms with Crippen molar-refractivity contribution >= 4 is 0 Å². The molecular weight excluding hydrogens is 258 g/mol.